The summed E-state index contributed by atoms with van der Waals surface area (Å²) in [4.78, 5) is 26.9. The van der Waals surface area contributed by atoms with Crippen LogP contribution >= 0.6 is 0 Å². The van der Waals surface area contributed by atoms with Crippen molar-refractivity contribution in [1.82, 2.24) is 9.89 Å². The van der Waals surface area contributed by atoms with E-state index in [1.165, 1.54) is 19.2 Å². The highest BCUT2D eigenvalue weighted by Gasteiger charge is 2.30. The number of aliphatic carboxylic acids is 1. The summed E-state index contributed by atoms with van der Waals surface area (Å²) in [6, 6.07) is 9.72. The van der Waals surface area contributed by atoms with Crippen molar-refractivity contribution in [3.63, 3.8) is 0 Å². The Hall–Kier alpha value is -4.44. The van der Waals surface area contributed by atoms with E-state index in [1.54, 1.807) is 24.3 Å². The summed E-state index contributed by atoms with van der Waals surface area (Å²) in [5, 5.41) is 12.6. The van der Waals surface area contributed by atoms with Crippen molar-refractivity contribution in [3.05, 3.63) is 82.1 Å². The molecule has 64 heavy (non-hydrogen) atoms. The number of fused-ring (bicyclic) bond motifs is 1. The zero-order valence-electron chi connectivity index (χ0n) is 37.5. The molecule has 0 radical (unpaired) electrons. The number of amides is 1. The van der Waals surface area contributed by atoms with Gasteiger partial charge in [0.2, 0.25) is 5.36 Å². The van der Waals surface area contributed by atoms with E-state index >= 15 is 0 Å². The van der Waals surface area contributed by atoms with E-state index in [-0.39, 0.29) is 68.0 Å². The Kier molecular flexibility index (Phi) is 20.4. The molecule has 20 heteroatoms. The van der Waals surface area contributed by atoms with E-state index in [4.69, 9.17) is 9.15 Å². The number of rotatable bonds is 26. The fourth-order valence-electron chi connectivity index (χ4n) is 7.26. The van der Waals surface area contributed by atoms with Crippen LogP contribution in [0, 0.1) is 0 Å². The van der Waals surface area contributed by atoms with Crippen molar-refractivity contribution in [2.24, 2.45) is 0 Å². The molecule has 3 rings (SSSR count). The minimum absolute atomic E-state index is 0.00660. The van der Waals surface area contributed by atoms with Crippen LogP contribution < -0.4 is 20.1 Å². The van der Waals surface area contributed by atoms with Crippen LogP contribution in [0.2, 0.25) is 0 Å². The number of hydrogen-bond donors (Lipinski definition) is 4. The first-order valence-corrected chi connectivity index (χ1v) is 25.8. The molecule has 0 fully saturated rings. The van der Waals surface area contributed by atoms with E-state index in [0.29, 0.717) is 66.7 Å². The number of methoxy groups -OCH3 is 1. The van der Waals surface area contributed by atoms with Gasteiger partial charge in [0, 0.05) is 61.8 Å². The van der Waals surface area contributed by atoms with Crippen molar-refractivity contribution in [3.8, 4) is 11.3 Å². The lowest BCUT2D eigenvalue weighted by atomic mass is 9.82. The van der Waals surface area contributed by atoms with Crippen LogP contribution in [0.25, 0.3) is 17.4 Å². The normalized spacial score (nSPS) is 13.4. The number of nitrogens with zero attached hydrogens (tertiary/aromatic N) is 2. The predicted octanol–water partition coefficient (Wildman–Crippen LogP) is 5.70. The molecule has 0 saturated carbocycles. The number of carbonyl (C=O) groups is 2. The topological polar surface area (TPSA) is 261 Å². The number of anilines is 1. The summed E-state index contributed by atoms with van der Waals surface area (Å²) in [6.45, 7) is 11.3. The summed E-state index contributed by atoms with van der Waals surface area (Å²) < 4.78 is 114. The third-order valence-electron chi connectivity index (χ3n) is 10.4. The van der Waals surface area contributed by atoms with Crippen molar-refractivity contribution in [1.29, 1.82) is 0 Å². The first-order valence-electron chi connectivity index (χ1n) is 21.2. The predicted molar refractivity (Wildman–Crippen MR) is 245 cm³/mol. The highest BCUT2D eigenvalue weighted by atomic mass is 32.2. The van der Waals surface area contributed by atoms with Gasteiger partial charge in [-0.05, 0) is 104 Å². The number of benzene rings is 2. The van der Waals surface area contributed by atoms with Gasteiger partial charge in [0.25, 0.3) is 26.1 Å². The van der Waals surface area contributed by atoms with Gasteiger partial charge >= 0.3 is 5.97 Å². The number of allylic oxidation sites excluding steroid dienone is 3. The molecule has 0 spiro atoms. The van der Waals surface area contributed by atoms with Gasteiger partial charge in [-0.25, -0.2) is 13.0 Å². The Morgan fingerprint density at radius 2 is 1.66 bits per heavy atom. The van der Waals surface area contributed by atoms with Crippen molar-refractivity contribution < 1.29 is 62.8 Å². The summed E-state index contributed by atoms with van der Waals surface area (Å²) >= 11 is 0. The van der Waals surface area contributed by atoms with E-state index in [9.17, 15) is 53.6 Å². The Bertz CT molecular complexity index is 2520. The third kappa shape index (κ3) is 17.2. The smallest absolute Gasteiger partial charge is 0.303 e. The molecule has 0 atom stereocenters. The molecular formula is C44H63N3O14S3. The largest absolute Gasteiger partial charge is 0.748 e. The van der Waals surface area contributed by atoms with Crippen LogP contribution in [0.15, 0.2) is 63.6 Å². The molecule has 0 unspecified atom stereocenters. The lowest BCUT2D eigenvalue weighted by Crippen LogP contribution is -2.40. The fraction of sp³-hybridized carbons (Fsp3) is 0.523. The first-order chi connectivity index (χ1) is 29.9. The molecule has 0 bridgehead atoms. The van der Waals surface area contributed by atoms with Gasteiger partial charge in [0.1, 0.15) is 18.8 Å². The fourth-order valence-corrected chi connectivity index (χ4v) is 8.84. The van der Waals surface area contributed by atoms with Gasteiger partial charge in [-0.2, -0.15) is 16.8 Å². The number of unbranched alkanes of at least 4 members (excludes halogenated alkanes) is 3. The molecule has 0 saturated heterocycles. The molecule has 1 aliphatic heterocycles. The summed E-state index contributed by atoms with van der Waals surface area (Å²) in [6.07, 6.45) is 8.01. The molecule has 1 aliphatic carbocycles. The molecule has 1 aromatic carbocycles. The van der Waals surface area contributed by atoms with Gasteiger partial charge in [-0.1, -0.05) is 40.2 Å². The van der Waals surface area contributed by atoms with Gasteiger partial charge < -0.3 is 29.0 Å². The average molecular weight is 954 g/mol. The SMILES string of the molecule is CC/C(=C\C=C\c1cc(C(C)(C)C)c2ccc(=[N+](CC)CCCS(=O)(=O)[O-])c(C(=O)NCCOC)c-2o1)N(CCCCCC(=O)O)c1ccc(S(=O)(=O)O)cc1CCCCS(=O)(=O)O. The molecular weight excluding hydrogens is 891 g/mol. The Balaban J connectivity index is 2.28. The standard InChI is InChI=1S/C44H63N3O14S3/c1-7-33(47(26-12-9-10-19-40(48)49)38-22-20-35(64(57,58)59)30-32(38)16-11-13-28-62(51,52)53)17-14-18-34-31-37(44(3,4)5)36-21-23-39(46(8-2)25-15-29-63(54,55)56)41(42(36)61-34)43(50)45-24-27-60-6/h14,17-18,20-23,30-31H,7-13,15-16,19,24-29H2,1-6H3,(H4-,45,48,49,50,51,52,53,54,55,56,57,58,59). The number of ether oxygens (including phenoxy) is 1. The van der Waals surface area contributed by atoms with E-state index in [2.05, 4.69) is 5.32 Å². The van der Waals surface area contributed by atoms with Crippen LogP contribution in [0.1, 0.15) is 113 Å². The quantitative estimate of drug-likeness (QED) is 0.0326. The monoisotopic (exact) mass is 953 g/mol. The molecule has 356 valence electrons. The molecule has 17 nitrogen and oxygen atoms in total. The zero-order chi connectivity index (χ0) is 47.9. The van der Waals surface area contributed by atoms with Crippen LogP contribution in [0.5, 0.6) is 0 Å². The van der Waals surface area contributed by atoms with Gasteiger partial charge in [0.05, 0.1) is 27.4 Å². The number of carboxylic acids is 1. The molecule has 1 heterocycles. The highest BCUT2D eigenvalue weighted by molar-refractivity contribution is 7.86. The van der Waals surface area contributed by atoms with Crippen LogP contribution in [0.3, 0.4) is 0 Å². The van der Waals surface area contributed by atoms with E-state index in [1.807, 2.05) is 62.3 Å². The lowest BCUT2D eigenvalue weighted by molar-refractivity contribution is -0.137. The number of aryl methyl sites for hydroxylation is 1. The van der Waals surface area contributed by atoms with E-state index < -0.39 is 59.2 Å². The number of nitrogens with one attached hydrogen (secondary N) is 1. The second-order valence-corrected chi connectivity index (χ2v) is 20.8. The zero-order valence-corrected chi connectivity index (χ0v) is 39.9. The lowest BCUT2D eigenvalue weighted by Gasteiger charge is -2.30. The maximum atomic E-state index is 14.1. The van der Waals surface area contributed by atoms with Crippen molar-refractivity contribution >= 4 is 54.0 Å². The van der Waals surface area contributed by atoms with Crippen LogP contribution in [-0.2, 0) is 51.7 Å². The molecule has 2 aliphatic rings. The highest BCUT2D eigenvalue weighted by Crippen LogP contribution is 2.37. The first kappa shape index (κ1) is 53.9. The maximum absolute atomic E-state index is 14.1. The van der Waals surface area contributed by atoms with Gasteiger partial charge in [-0.3, -0.25) is 18.7 Å². The second-order valence-electron chi connectivity index (χ2n) is 16.3. The Labute approximate surface area is 377 Å². The van der Waals surface area contributed by atoms with Crippen LogP contribution in [0.4, 0.5) is 5.69 Å². The third-order valence-corrected chi connectivity index (χ3v) is 12.8. The van der Waals surface area contributed by atoms with Crippen molar-refractivity contribution in [2.45, 2.75) is 103 Å². The molecule has 4 N–H and O–H groups in total. The molecule has 1 aromatic rings. The number of hydrogen-bond acceptors (Lipinski definition) is 12. The number of carbonyl (C=O) groups excluding carboxylic acids is 1. The minimum Gasteiger partial charge on any atom is -0.748 e. The van der Waals surface area contributed by atoms with Gasteiger partial charge in [0.15, 0.2) is 11.3 Å². The second kappa shape index (κ2) is 24.2. The maximum Gasteiger partial charge on any atom is 0.303 e. The summed E-state index contributed by atoms with van der Waals surface area (Å²) in [5.74, 6) is -1.73. The summed E-state index contributed by atoms with van der Waals surface area (Å²) in [5.41, 5.74) is 3.19. The Morgan fingerprint density at radius 1 is 0.938 bits per heavy atom. The summed E-state index contributed by atoms with van der Waals surface area (Å²) in [7, 11) is -11.8. The van der Waals surface area contributed by atoms with Gasteiger partial charge in [-0.15, -0.1) is 0 Å². The Morgan fingerprint density at radius 3 is 2.25 bits per heavy atom. The van der Waals surface area contributed by atoms with Crippen LogP contribution in [-0.4, -0.2) is 107 Å². The van der Waals surface area contributed by atoms with E-state index in [0.717, 1.165) is 11.3 Å². The average Bonchev–Trinajstić information content (AvgIpc) is 3.19. The molecule has 0 aromatic heterocycles. The number of carboxylic acid groups (broad SMARTS) is 1. The molecule has 1 amide bonds. The van der Waals surface area contributed by atoms with Crippen molar-refractivity contribution in [2.75, 3.05) is 56.3 Å². The minimum atomic E-state index is -4.60.